The summed E-state index contributed by atoms with van der Waals surface area (Å²) in [6.07, 6.45) is 4.02. The largest absolute Gasteiger partial charge is 0.386 e. The first-order valence-electron chi connectivity index (χ1n) is 9.47. The second-order valence-corrected chi connectivity index (χ2v) is 9.42. The number of rotatable bonds is 7. The van der Waals surface area contributed by atoms with E-state index in [-0.39, 0.29) is 27.9 Å². The minimum atomic E-state index is -3.57. The molecule has 0 aliphatic rings. The summed E-state index contributed by atoms with van der Waals surface area (Å²) in [6, 6.07) is 7.78. The van der Waals surface area contributed by atoms with Gasteiger partial charge in [0.2, 0.25) is 0 Å². The highest BCUT2D eigenvalue weighted by molar-refractivity contribution is 7.90. The summed E-state index contributed by atoms with van der Waals surface area (Å²) in [4.78, 5) is 20.6. The van der Waals surface area contributed by atoms with E-state index in [0.717, 1.165) is 6.26 Å². The fraction of sp³-hybridized carbons (Fsp3) is 0.250. The molecule has 0 atom stereocenters. The highest BCUT2D eigenvalue weighted by Gasteiger charge is 2.20. The molecule has 0 fully saturated rings. The van der Waals surface area contributed by atoms with E-state index in [1.165, 1.54) is 37.6 Å². The first kappa shape index (κ1) is 23.0. The number of pyridine rings is 2. The smallest absolute Gasteiger partial charge is 0.273 e. The first-order chi connectivity index (χ1) is 15.0. The standard InChI is InChI=1S/C20H23N7O4S/c1-20(2,29)12-7-8-15(23-11-12)25-16-10-13(17(27-26-16)19(28)21-3)24-18-14(32(4,30)31)6-5-9-22-18/h5-11,29H,1-4H3,(H,21,28)(H2,22,23,24,25,26). The second-order valence-electron chi connectivity index (χ2n) is 7.43. The van der Waals surface area contributed by atoms with Gasteiger partial charge < -0.3 is 21.1 Å². The van der Waals surface area contributed by atoms with E-state index in [9.17, 15) is 18.3 Å². The van der Waals surface area contributed by atoms with Crippen molar-refractivity contribution in [1.29, 1.82) is 0 Å². The average molecular weight is 458 g/mol. The lowest BCUT2D eigenvalue weighted by atomic mass is 10.0. The van der Waals surface area contributed by atoms with Crippen LogP contribution in [0.5, 0.6) is 0 Å². The molecule has 0 aliphatic carbocycles. The molecule has 0 bridgehead atoms. The van der Waals surface area contributed by atoms with Crippen molar-refractivity contribution in [3.63, 3.8) is 0 Å². The summed E-state index contributed by atoms with van der Waals surface area (Å²) in [5.74, 6) is 0.212. The Morgan fingerprint density at radius 3 is 2.41 bits per heavy atom. The molecule has 3 aromatic rings. The maximum atomic E-state index is 12.3. The number of carbonyl (C=O) groups is 1. The molecule has 3 aromatic heterocycles. The number of nitrogens with one attached hydrogen (secondary N) is 3. The Balaban J connectivity index is 1.97. The van der Waals surface area contributed by atoms with E-state index in [1.807, 2.05) is 0 Å². The molecular formula is C20H23N7O4S. The number of hydrogen-bond donors (Lipinski definition) is 4. The Morgan fingerprint density at radius 2 is 1.81 bits per heavy atom. The second kappa shape index (κ2) is 8.85. The van der Waals surface area contributed by atoms with Gasteiger partial charge >= 0.3 is 0 Å². The lowest BCUT2D eigenvalue weighted by molar-refractivity contribution is 0.0782. The van der Waals surface area contributed by atoms with E-state index in [2.05, 4.69) is 36.1 Å². The molecule has 0 aliphatic heterocycles. The molecule has 0 saturated carbocycles. The van der Waals surface area contributed by atoms with Crippen LogP contribution < -0.4 is 16.0 Å². The van der Waals surface area contributed by atoms with Crippen molar-refractivity contribution in [1.82, 2.24) is 25.5 Å². The molecule has 4 N–H and O–H groups in total. The van der Waals surface area contributed by atoms with E-state index in [0.29, 0.717) is 11.4 Å². The summed E-state index contributed by atoms with van der Waals surface area (Å²) in [5.41, 5.74) is -0.251. The van der Waals surface area contributed by atoms with Crippen LogP contribution in [0.25, 0.3) is 0 Å². The molecule has 0 aromatic carbocycles. The van der Waals surface area contributed by atoms with Crippen molar-refractivity contribution >= 4 is 38.9 Å². The molecular weight excluding hydrogens is 434 g/mol. The van der Waals surface area contributed by atoms with E-state index in [4.69, 9.17) is 0 Å². The van der Waals surface area contributed by atoms with E-state index < -0.39 is 21.3 Å². The van der Waals surface area contributed by atoms with E-state index in [1.54, 1.807) is 26.0 Å². The maximum Gasteiger partial charge on any atom is 0.273 e. The molecule has 1 amide bonds. The van der Waals surface area contributed by atoms with Gasteiger partial charge in [-0.3, -0.25) is 4.79 Å². The summed E-state index contributed by atoms with van der Waals surface area (Å²) in [6.45, 7) is 3.31. The molecule has 12 heteroatoms. The van der Waals surface area contributed by atoms with Crippen LogP contribution in [0.1, 0.15) is 29.9 Å². The molecule has 0 spiro atoms. The van der Waals surface area contributed by atoms with Crippen molar-refractivity contribution in [2.45, 2.75) is 24.3 Å². The quantitative estimate of drug-likeness (QED) is 0.411. The number of hydrogen-bond acceptors (Lipinski definition) is 10. The van der Waals surface area contributed by atoms with Gasteiger partial charge in [-0.25, -0.2) is 18.4 Å². The number of aliphatic hydroxyl groups is 1. The zero-order valence-electron chi connectivity index (χ0n) is 17.9. The molecule has 3 heterocycles. The van der Waals surface area contributed by atoms with Crippen LogP contribution in [0.4, 0.5) is 23.1 Å². The Bertz CT molecular complexity index is 1240. The van der Waals surface area contributed by atoms with Gasteiger partial charge in [-0.15, -0.1) is 10.2 Å². The summed E-state index contributed by atoms with van der Waals surface area (Å²) < 4.78 is 24.2. The number of anilines is 4. The van der Waals surface area contributed by atoms with Gasteiger partial charge in [0.15, 0.2) is 21.3 Å². The lowest BCUT2D eigenvalue weighted by Gasteiger charge is -2.17. The molecule has 0 radical (unpaired) electrons. The Morgan fingerprint density at radius 1 is 1.06 bits per heavy atom. The number of aromatic nitrogens is 4. The van der Waals surface area contributed by atoms with Gasteiger partial charge in [-0.05, 0) is 32.0 Å². The predicted molar refractivity (Wildman–Crippen MR) is 119 cm³/mol. The monoisotopic (exact) mass is 457 g/mol. The van der Waals surface area contributed by atoms with Gasteiger partial charge in [0, 0.05) is 37.3 Å². The van der Waals surface area contributed by atoms with Crippen LogP contribution in [0.15, 0.2) is 47.6 Å². The van der Waals surface area contributed by atoms with Gasteiger partial charge in [0.05, 0.1) is 11.3 Å². The van der Waals surface area contributed by atoms with Crippen molar-refractivity contribution in [3.05, 3.63) is 54.0 Å². The molecule has 3 rings (SSSR count). The van der Waals surface area contributed by atoms with Crippen molar-refractivity contribution in [2.75, 3.05) is 23.9 Å². The van der Waals surface area contributed by atoms with Crippen LogP contribution >= 0.6 is 0 Å². The van der Waals surface area contributed by atoms with Gasteiger partial charge in [0.25, 0.3) is 5.91 Å². The predicted octanol–water partition coefficient (Wildman–Crippen LogP) is 1.74. The van der Waals surface area contributed by atoms with Crippen molar-refractivity contribution < 1.29 is 18.3 Å². The zero-order valence-corrected chi connectivity index (χ0v) is 18.7. The highest BCUT2D eigenvalue weighted by Crippen LogP contribution is 2.27. The van der Waals surface area contributed by atoms with Crippen molar-refractivity contribution in [3.8, 4) is 0 Å². The number of sulfone groups is 1. The Kier molecular flexibility index (Phi) is 6.37. The molecule has 0 unspecified atom stereocenters. The van der Waals surface area contributed by atoms with Gasteiger partial charge in [-0.2, -0.15) is 0 Å². The molecule has 32 heavy (non-hydrogen) atoms. The van der Waals surface area contributed by atoms with Crippen molar-refractivity contribution in [2.24, 2.45) is 0 Å². The number of amides is 1. The van der Waals surface area contributed by atoms with Crippen LogP contribution in [0, 0.1) is 0 Å². The average Bonchev–Trinajstić information content (AvgIpc) is 2.73. The topological polar surface area (TPSA) is 159 Å². The number of nitrogens with zero attached hydrogens (tertiary/aromatic N) is 4. The van der Waals surface area contributed by atoms with Gasteiger partial charge in [-0.1, -0.05) is 6.07 Å². The first-order valence-corrected chi connectivity index (χ1v) is 11.4. The highest BCUT2D eigenvalue weighted by atomic mass is 32.2. The van der Waals surface area contributed by atoms with Crippen LogP contribution in [-0.4, -0.2) is 52.9 Å². The minimum Gasteiger partial charge on any atom is -0.386 e. The molecule has 0 saturated heterocycles. The normalized spacial score (nSPS) is 11.7. The van der Waals surface area contributed by atoms with Crippen LogP contribution in [0.3, 0.4) is 0 Å². The summed E-state index contributed by atoms with van der Waals surface area (Å²) >= 11 is 0. The third-order valence-electron chi connectivity index (χ3n) is 4.39. The maximum absolute atomic E-state index is 12.3. The van der Waals surface area contributed by atoms with Gasteiger partial charge in [0.1, 0.15) is 16.5 Å². The Labute approximate surface area is 185 Å². The van der Waals surface area contributed by atoms with Crippen LogP contribution in [-0.2, 0) is 15.4 Å². The SMILES string of the molecule is CNC(=O)c1nnc(Nc2ccc(C(C)(C)O)cn2)cc1Nc1ncccc1S(C)(=O)=O. The fourth-order valence-corrected chi connectivity index (χ4v) is 3.49. The Hall–Kier alpha value is -3.64. The number of carbonyl (C=O) groups excluding carboxylic acids is 1. The summed E-state index contributed by atoms with van der Waals surface area (Å²) in [7, 11) is -2.13. The third-order valence-corrected chi connectivity index (χ3v) is 5.51. The van der Waals surface area contributed by atoms with E-state index >= 15 is 0 Å². The lowest BCUT2D eigenvalue weighted by Crippen LogP contribution is -2.22. The van der Waals surface area contributed by atoms with Crippen LogP contribution in [0.2, 0.25) is 0 Å². The molecule has 11 nitrogen and oxygen atoms in total. The summed E-state index contributed by atoms with van der Waals surface area (Å²) in [5, 5.41) is 26.3. The zero-order chi connectivity index (χ0) is 23.5. The molecule has 168 valence electrons. The minimum absolute atomic E-state index is 0.0296. The third kappa shape index (κ3) is 5.34. The fourth-order valence-electron chi connectivity index (χ4n) is 2.71.